The summed E-state index contributed by atoms with van der Waals surface area (Å²) in [6.07, 6.45) is -4.95. The number of carbonyl (C=O) groups excluding carboxylic acids is 2. The number of hydrazone groups is 1. The SMILES string of the molecule is Cc1ccc(N2N=C(c3cc(CNC(=O)C(F)(F)F)ccc3Cl)CC2=O)cc1. The largest absolute Gasteiger partial charge is 0.471 e. The van der Waals surface area contributed by atoms with Gasteiger partial charge >= 0.3 is 12.1 Å². The Morgan fingerprint density at radius 2 is 1.89 bits per heavy atom. The Hall–Kier alpha value is -2.87. The molecule has 1 aliphatic rings. The molecule has 3 rings (SSSR count). The maximum absolute atomic E-state index is 12.4. The van der Waals surface area contributed by atoms with Crippen LogP contribution in [0.4, 0.5) is 18.9 Å². The van der Waals surface area contributed by atoms with Gasteiger partial charge in [0, 0.05) is 17.1 Å². The summed E-state index contributed by atoms with van der Waals surface area (Å²) in [5.74, 6) is -2.27. The first-order valence-corrected chi connectivity index (χ1v) is 8.64. The van der Waals surface area contributed by atoms with Crippen LogP contribution in [0, 0.1) is 6.92 Å². The summed E-state index contributed by atoms with van der Waals surface area (Å²) in [6.45, 7) is 1.60. The fourth-order valence-electron chi connectivity index (χ4n) is 2.65. The van der Waals surface area contributed by atoms with Crippen molar-refractivity contribution in [1.82, 2.24) is 5.32 Å². The van der Waals surface area contributed by atoms with Crippen LogP contribution in [-0.2, 0) is 16.1 Å². The maximum Gasteiger partial charge on any atom is 0.471 e. The van der Waals surface area contributed by atoms with Crippen molar-refractivity contribution < 1.29 is 22.8 Å². The van der Waals surface area contributed by atoms with Crippen LogP contribution in [0.1, 0.15) is 23.1 Å². The number of nitrogens with zero attached hydrogens (tertiary/aromatic N) is 2. The van der Waals surface area contributed by atoms with Crippen LogP contribution in [0.25, 0.3) is 0 Å². The Labute approximate surface area is 163 Å². The minimum absolute atomic E-state index is 0.00591. The Balaban J connectivity index is 1.83. The molecule has 0 radical (unpaired) electrons. The van der Waals surface area contributed by atoms with E-state index in [9.17, 15) is 22.8 Å². The molecule has 0 aliphatic carbocycles. The van der Waals surface area contributed by atoms with Gasteiger partial charge in [0.15, 0.2) is 0 Å². The number of amides is 2. The molecule has 0 saturated heterocycles. The lowest BCUT2D eigenvalue weighted by Gasteiger charge is -2.11. The van der Waals surface area contributed by atoms with Gasteiger partial charge in [-0.2, -0.15) is 18.3 Å². The number of rotatable bonds is 4. The van der Waals surface area contributed by atoms with Crippen LogP contribution in [0.3, 0.4) is 0 Å². The topological polar surface area (TPSA) is 61.8 Å². The zero-order valence-corrected chi connectivity index (χ0v) is 15.4. The van der Waals surface area contributed by atoms with Crippen LogP contribution in [0.15, 0.2) is 47.6 Å². The molecular formula is C19H15ClF3N3O2. The highest BCUT2D eigenvalue weighted by atomic mass is 35.5. The van der Waals surface area contributed by atoms with Crippen LogP contribution >= 0.6 is 11.6 Å². The van der Waals surface area contributed by atoms with Crippen molar-refractivity contribution in [2.75, 3.05) is 5.01 Å². The van der Waals surface area contributed by atoms with Gasteiger partial charge in [-0.3, -0.25) is 9.59 Å². The second-order valence-corrected chi connectivity index (χ2v) is 6.67. The van der Waals surface area contributed by atoms with Crippen LogP contribution in [0.5, 0.6) is 0 Å². The van der Waals surface area contributed by atoms with Crippen molar-refractivity contribution in [1.29, 1.82) is 0 Å². The molecule has 0 unspecified atom stereocenters. The summed E-state index contributed by atoms with van der Waals surface area (Å²) in [5.41, 5.74) is 2.88. The minimum atomic E-state index is -4.95. The highest BCUT2D eigenvalue weighted by molar-refractivity contribution is 6.35. The molecule has 1 heterocycles. The highest BCUT2D eigenvalue weighted by Crippen LogP contribution is 2.27. The quantitative estimate of drug-likeness (QED) is 0.830. The van der Waals surface area contributed by atoms with E-state index in [4.69, 9.17) is 11.6 Å². The normalized spacial score (nSPS) is 14.2. The number of nitrogens with one attached hydrogen (secondary N) is 1. The van der Waals surface area contributed by atoms with E-state index in [1.807, 2.05) is 19.1 Å². The molecule has 9 heteroatoms. The summed E-state index contributed by atoms with van der Waals surface area (Å²) in [4.78, 5) is 23.3. The number of benzene rings is 2. The first kappa shape index (κ1) is 19.9. The number of carbonyl (C=O) groups is 2. The molecule has 0 bridgehead atoms. The fraction of sp³-hybridized carbons (Fsp3) is 0.211. The molecule has 5 nitrogen and oxygen atoms in total. The lowest BCUT2D eigenvalue weighted by atomic mass is 10.0. The number of anilines is 1. The van der Waals surface area contributed by atoms with E-state index in [1.165, 1.54) is 23.2 Å². The predicted molar refractivity (Wildman–Crippen MR) is 99.2 cm³/mol. The molecule has 2 aromatic rings. The highest BCUT2D eigenvalue weighted by Gasteiger charge is 2.38. The smallest absolute Gasteiger partial charge is 0.344 e. The zero-order chi connectivity index (χ0) is 20.5. The number of aryl methyl sites for hydroxylation is 1. The van der Waals surface area contributed by atoms with Gasteiger partial charge < -0.3 is 5.32 Å². The second kappa shape index (κ2) is 7.63. The molecule has 0 spiro atoms. The van der Waals surface area contributed by atoms with Gasteiger partial charge in [0.25, 0.3) is 5.91 Å². The van der Waals surface area contributed by atoms with Crippen molar-refractivity contribution in [3.8, 4) is 0 Å². The Morgan fingerprint density at radius 3 is 2.54 bits per heavy atom. The van der Waals surface area contributed by atoms with E-state index < -0.39 is 12.1 Å². The number of hydrogen-bond acceptors (Lipinski definition) is 3. The fourth-order valence-corrected chi connectivity index (χ4v) is 2.88. The molecule has 146 valence electrons. The van der Waals surface area contributed by atoms with E-state index in [2.05, 4.69) is 5.10 Å². The predicted octanol–water partition coefficient (Wildman–Crippen LogP) is 3.97. The molecule has 0 atom stereocenters. The van der Waals surface area contributed by atoms with Crippen molar-refractivity contribution in [2.45, 2.75) is 26.1 Å². The first-order chi connectivity index (χ1) is 13.1. The molecule has 28 heavy (non-hydrogen) atoms. The average molecular weight is 410 g/mol. The third-order valence-electron chi connectivity index (χ3n) is 4.11. The molecular weight excluding hydrogens is 395 g/mol. The first-order valence-electron chi connectivity index (χ1n) is 8.26. The molecule has 2 aromatic carbocycles. The van der Waals surface area contributed by atoms with Gasteiger partial charge in [-0.25, -0.2) is 5.01 Å². The van der Waals surface area contributed by atoms with Crippen molar-refractivity contribution in [2.24, 2.45) is 5.10 Å². The molecule has 1 N–H and O–H groups in total. The van der Waals surface area contributed by atoms with Gasteiger partial charge in [0.1, 0.15) is 0 Å². The molecule has 0 aromatic heterocycles. The Kier molecular flexibility index (Phi) is 5.42. The van der Waals surface area contributed by atoms with E-state index in [0.29, 0.717) is 27.5 Å². The standard InChI is InChI=1S/C19H15ClF3N3O2/c1-11-2-5-13(6-3-11)26-17(27)9-16(25-26)14-8-12(4-7-15(14)20)10-24-18(28)19(21,22)23/h2-8H,9-10H2,1H3,(H,24,28). The maximum atomic E-state index is 12.4. The summed E-state index contributed by atoms with van der Waals surface area (Å²) in [7, 11) is 0. The van der Waals surface area contributed by atoms with E-state index >= 15 is 0 Å². The van der Waals surface area contributed by atoms with Gasteiger partial charge in [-0.15, -0.1) is 0 Å². The molecule has 0 saturated carbocycles. The average Bonchev–Trinajstić information content (AvgIpc) is 3.02. The van der Waals surface area contributed by atoms with Crippen LogP contribution in [0.2, 0.25) is 5.02 Å². The summed E-state index contributed by atoms with van der Waals surface area (Å²) in [6, 6.07) is 11.8. The van der Waals surface area contributed by atoms with Gasteiger partial charge in [-0.1, -0.05) is 35.4 Å². The summed E-state index contributed by atoms with van der Waals surface area (Å²) < 4.78 is 37.0. The Morgan fingerprint density at radius 1 is 1.21 bits per heavy atom. The molecule has 0 fully saturated rings. The van der Waals surface area contributed by atoms with Gasteiger partial charge in [0.2, 0.25) is 0 Å². The summed E-state index contributed by atoms with van der Waals surface area (Å²) >= 11 is 6.20. The third-order valence-corrected chi connectivity index (χ3v) is 4.44. The lowest BCUT2D eigenvalue weighted by molar-refractivity contribution is -0.173. The van der Waals surface area contributed by atoms with Gasteiger partial charge in [-0.05, 0) is 36.8 Å². The third kappa shape index (κ3) is 4.33. The minimum Gasteiger partial charge on any atom is -0.344 e. The van der Waals surface area contributed by atoms with Crippen molar-refractivity contribution in [3.63, 3.8) is 0 Å². The van der Waals surface area contributed by atoms with E-state index in [0.717, 1.165) is 5.56 Å². The second-order valence-electron chi connectivity index (χ2n) is 6.26. The Bertz CT molecular complexity index is 956. The monoisotopic (exact) mass is 409 g/mol. The lowest BCUT2D eigenvalue weighted by Crippen LogP contribution is -2.36. The van der Waals surface area contributed by atoms with Crippen molar-refractivity contribution >= 4 is 34.8 Å². The zero-order valence-electron chi connectivity index (χ0n) is 14.7. The number of alkyl halides is 3. The van der Waals surface area contributed by atoms with E-state index in [1.54, 1.807) is 17.4 Å². The molecule has 2 amide bonds. The van der Waals surface area contributed by atoms with Crippen molar-refractivity contribution in [3.05, 3.63) is 64.2 Å². The van der Waals surface area contributed by atoms with Gasteiger partial charge in [0.05, 0.1) is 17.8 Å². The summed E-state index contributed by atoms with van der Waals surface area (Å²) in [5, 5.41) is 7.70. The van der Waals surface area contributed by atoms with E-state index in [-0.39, 0.29) is 18.9 Å². The number of hydrogen-bond donors (Lipinski definition) is 1. The number of halogens is 4. The van der Waals surface area contributed by atoms with Crippen LogP contribution < -0.4 is 10.3 Å². The molecule has 1 aliphatic heterocycles. The van der Waals surface area contributed by atoms with Crippen LogP contribution in [-0.4, -0.2) is 23.7 Å².